The molecule has 2 atom stereocenters. The van der Waals surface area contributed by atoms with Gasteiger partial charge in [-0.2, -0.15) is 5.26 Å². The van der Waals surface area contributed by atoms with Crippen molar-refractivity contribution in [3.8, 4) is 6.07 Å². The number of benzene rings is 1. The van der Waals surface area contributed by atoms with Gasteiger partial charge in [-0.05, 0) is 31.0 Å². The summed E-state index contributed by atoms with van der Waals surface area (Å²) in [5.74, 6) is -0.120. The van der Waals surface area contributed by atoms with E-state index in [9.17, 15) is 14.0 Å². The number of Topliss-reactive ketones (excluding diaryl/α,β-unsaturated/α-hetero) is 1. The number of ketones is 1. The largest absolute Gasteiger partial charge is 0.366 e. The number of carbonyl (C=O) groups is 2. The summed E-state index contributed by atoms with van der Waals surface area (Å²) in [5.41, 5.74) is 0.777. The fourth-order valence-corrected chi connectivity index (χ4v) is 3.72. The summed E-state index contributed by atoms with van der Waals surface area (Å²) in [7, 11) is 0. The van der Waals surface area contributed by atoms with E-state index >= 15 is 0 Å². The van der Waals surface area contributed by atoms with Crippen LogP contribution in [0, 0.1) is 29.0 Å². The monoisotopic (exact) mass is 343 g/mol. The molecule has 0 bridgehead atoms. The van der Waals surface area contributed by atoms with Crippen molar-refractivity contribution < 1.29 is 14.0 Å². The third-order valence-electron chi connectivity index (χ3n) is 5.28. The average molecular weight is 343 g/mol. The predicted octanol–water partition coefficient (Wildman–Crippen LogP) is 2.35. The molecule has 0 radical (unpaired) electrons. The molecule has 2 unspecified atom stereocenters. The third kappa shape index (κ3) is 3.65. The Kier molecular flexibility index (Phi) is 5.03. The fraction of sp³-hybridized carbons (Fsp3) is 0.526. The van der Waals surface area contributed by atoms with Crippen molar-refractivity contribution in [2.24, 2.45) is 11.8 Å². The summed E-state index contributed by atoms with van der Waals surface area (Å²) in [5, 5.41) is 8.82. The summed E-state index contributed by atoms with van der Waals surface area (Å²) < 4.78 is 14.1. The molecule has 1 saturated heterocycles. The lowest BCUT2D eigenvalue weighted by atomic mass is 9.81. The Hall–Kier alpha value is -2.42. The van der Waals surface area contributed by atoms with E-state index in [1.165, 1.54) is 6.07 Å². The molecule has 6 heteroatoms. The Morgan fingerprint density at radius 3 is 2.60 bits per heavy atom. The lowest BCUT2D eigenvalue weighted by molar-refractivity contribution is -0.139. The molecule has 1 amide bonds. The van der Waals surface area contributed by atoms with Crippen molar-refractivity contribution in [2.45, 2.75) is 26.2 Å². The van der Waals surface area contributed by atoms with Crippen LogP contribution in [0.4, 0.5) is 10.1 Å². The quantitative estimate of drug-likeness (QED) is 0.827. The molecule has 0 aromatic heterocycles. The molecule has 1 aromatic carbocycles. The van der Waals surface area contributed by atoms with Crippen LogP contribution in [0.5, 0.6) is 0 Å². The Labute approximate surface area is 147 Å². The fourth-order valence-electron chi connectivity index (χ4n) is 3.72. The normalized spacial score (nSPS) is 24.1. The van der Waals surface area contributed by atoms with E-state index in [-0.39, 0.29) is 23.5 Å². The van der Waals surface area contributed by atoms with Gasteiger partial charge < -0.3 is 9.80 Å². The Morgan fingerprint density at radius 2 is 2.00 bits per heavy atom. The second-order valence-electron chi connectivity index (χ2n) is 6.93. The van der Waals surface area contributed by atoms with E-state index in [1.54, 1.807) is 12.1 Å². The molecule has 1 aromatic rings. The first-order valence-corrected chi connectivity index (χ1v) is 8.75. The number of piperazine rings is 1. The highest BCUT2D eigenvalue weighted by Gasteiger charge is 2.33. The van der Waals surface area contributed by atoms with Crippen LogP contribution in [0.15, 0.2) is 18.2 Å². The molecule has 2 aliphatic rings. The molecular formula is C19H22FN3O2. The maximum atomic E-state index is 14.1. The minimum Gasteiger partial charge on any atom is -0.366 e. The first kappa shape index (κ1) is 17.4. The van der Waals surface area contributed by atoms with Crippen LogP contribution in [-0.4, -0.2) is 42.8 Å². The van der Waals surface area contributed by atoms with Crippen molar-refractivity contribution in [2.75, 3.05) is 31.1 Å². The minimum absolute atomic E-state index is 0.0308. The molecule has 5 nitrogen and oxygen atoms in total. The highest BCUT2D eigenvalue weighted by molar-refractivity contribution is 5.86. The Bertz CT molecular complexity index is 720. The van der Waals surface area contributed by atoms with Crippen LogP contribution in [0.2, 0.25) is 0 Å². The number of amides is 1. The standard InChI is InChI=1S/C19H22FN3O2/c1-13-10-15(3-5-18(13)24)19(25)23-8-6-22(7-9-23)17-4-2-14(12-21)11-16(17)20/h2,4,11,13,15H,3,5-10H2,1H3. The summed E-state index contributed by atoms with van der Waals surface area (Å²) >= 11 is 0. The summed E-state index contributed by atoms with van der Waals surface area (Å²) in [6.07, 6.45) is 1.78. The Balaban J connectivity index is 1.59. The van der Waals surface area contributed by atoms with E-state index < -0.39 is 5.82 Å². The van der Waals surface area contributed by atoms with Gasteiger partial charge in [-0.15, -0.1) is 0 Å². The predicted molar refractivity (Wildman–Crippen MR) is 91.4 cm³/mol. The number of anilines is 1. The first-order chi connectivity index (χ1) is 12.0. The van der Waals surface area contributed by atoms with Gasteiger partial charge in [0.15, 0.2) is 0 Å². The molecule has 3 rings (SSSR count). The van der Waals surface area contributed by atoms with Crippen molar-refractivity contribution in [3.05, 3.63) is 29.6 Å². The molecule has 0 spiro atoms. The topological polar surface area (TPSA) is 64.4 Å². The van der Waals surface area contributed by atoms with Gasteiger partial charge in [-0.1, -0.05) is 6.92 Å². The molecule has 1 heterocycles. The lowest BCUT2D eigenvalue weighted by Crippen LogP contribution is -2.51. The van der Waals surface area contributed by atoms with Crippen LogP contribution in [0.1, 0.15) is 31.7 Å². The van der Waals surface area contributed by atoms with E-state index in [4.69, 9.17) is 5.26 Å². The SMILES string of the molecule is CC1CC(C(=O)N2CCN(c3ccc(C#N)cc3F)CC2)CCC1=O. The third-order valence-corrected chi connectivity index (χ3v) is 5.28. The molecule has 0 N–H and O–H groups in total. The van der Waals surface area contributed by atoms with Gasteiger partial charge in [-0.25, -0.2) is 4.39 Å². The second kappa shape index (κ2) is 7.22. The highest BCUT2D eigenvalue weighted by atomic mass is 19.1. The zero-order valence-corrected chi connectivity index (χ0v) is 14.4. The van der Waals surface area contributed by atoms with E-state index in [0.717, 1.165) is 0 Å². The highest BCUT2D eigenvalue weighted by Crippen LogP contribution is 2.29. The maximum Gasteiger partial charge on any atom is 0.225 e. The van der Waals surface area contributed by atoms with Gasteiger partial charge in [-0.3, -0.25) is 9.59 Å². The Morgan fingerprint density at radius 1 is 1.28 bits per heavy atom. The van der Waals surface area contributed by atoms with Gasteiger partial charge in [0.2, 0.25) is 5.91 Å². The van der Waals surface area contributed by atoms with Gasteiger partial charge in [0.1, 0.15) is 11.6 Å². The van der Waals surface area contributed by atoms with Crippen LogP contribution < -0.4 is 4.90 Å². The van der Waals surface area contributed by atoms with Crippen molar-refractivity contribution in [1.82, 2.24) is 4.90 Å². The molecule has 1 aliphatic carbocycles. The molecule has 25 heavy (non-hydrogen) atoms. The molecular weight excluding hydrogens is 321 g/mol. The van der Waals surface area contributed by atoms with Gasteiger partial charge in [0.05, 0.1) is 17.3 Å². The summed E-state index contributed by atoms with van der Waals surface area (Å²) in [6, 6.07) is 6.40. The van der Waals surface area contributed by atoms with E-state index in [1.807, 2.05) is 22.8 Å². The van der Waals surface area contributed by atoms with Crippen molar-refractivity contribution in [1.29, 1.82) is 5.26 Å². The first-order valence-electron chi connectivity index (χ1n) is 8.75. The van der Waals surface area contributed by atoms with Crippen LogP contribution in [-0.2, 0) is 9.59 Å². The number of halogens is 1. The van der Waals surface area contributed by atoms with Crippen LogP contribution >= 0.6 is 0 Å². The van der Waals surface area contributed by atoms with Gasteiger partial charge in [0.25, 0.3) is 0 Å². The van der Waals surface area contributed by atoms with Crippen LogP contribution in [0.3, 0.4) is 0 Å². The maximum absolute atomic E-state index is 14.1. The summed E-state index contributed by atoms with van der Waals surface area (Å²) in [6.45, 7) is 4.13. The number of nitrogens with zero attached hydrogens (tertiary/aromatic N) is 3. The zero-order valence-electron chi connectivity index (χ0n) is 14.4. The number of hydrogen-bond donors (Lipinski definition) is 0. The second-order valence-corrected chi connectivity index (χ2v) is 6.93. The van der Waals surface area contributed by atoms with Gasteiger partial charge in [0, 0.05) is 44.4 Å². The molecule has 2 fully saturated rings. The van der Waals surface area contributed by atoms with Crippen LogP contribution in [0.25, 0.3) is 0 Å². The number of hydrogen-bond acceptors (Lipinski definition) is 4. The lowest BCUT2D eigenvalue weighted by Gasteiger charge is -2.38. The molecule has 1 saturated carbocycles. The van der Waals surface area contributed by atoms with Gasteiger partial charge >= 0.3 is 0 Å². The van der Waals surface area contributed by atoms with Crippen molar-refractivity contribution in [3.63, 3.8) is 0 Å². The average Bonchev–Trinajstić information content (AvgIpc) is 2.63. The number of nitriles is 1. The number of carbonyl (C=O) groups excluding carboxylic acids is 2. The number of rotatable bonds is 2. The smallest absolute Gasteiger partial charge is 0.225 e. The molecule has 1 aliphatic heterocycles. The van der Waals surface area contributed by atoms with E-state index in [0.29, 0.717) is 56.7 Å². The zero-order chi connectivity index (χ0) is 18.0. The molecule has 132 valence electrons. The summed E-state index contributed by atoms with van der Waals surface area (Å²) in [4.78, 5) is 28.1. The van der Waals surface area contributed by atoms with E-state index in [2.05, 4.69) is 0 Å². The minimum atomic E-state index is -0.404. The van der Waals surface area contributed by atoms with Crippen molar-refractivity contribution >= 4 is 17.4 Å².